The van der Waals surface area contributed by atoms with Crippen LogP contribution in [-0.4, -0.2) is 0 Å². The third-order valence-corrected chi connectivity index (χ3v) is 5.07. The van der Waals surface area contributed by atoms with Gasteiger partial charge in [-0.15, -0.1) is 0 Å². The molecule has 0 saturated heterocycles. The summed E-state index contributed by atoms with van der Waals surface area (Å²) < 4.78 is 0. The first-order chi connectivity index (χ1) is 9.88. The van der Waals surface area contributed by atoms with Crippen LogP contribution in [-0.2, 0) is 12.8 Å². The largest absolute Gasteiger partial charge is 0.0764 e. The molecule has 3 rings (SSSR count). The highest BCUT2D eigenvalue weighted by Gasteiger charge is 2.21. The van der Waals surface area contributed by atoms with E-state index >= 15 is 0 Å². The molecular weight excluding hydrogens is 240 g/mol. The summed E-state index contributed by atoms with van der Waals surface area (Å²) in [5.41, 5.74) is 6.40. The highest BCUT2D eigenvalue weighted by molar-refractivity contribution is 5.64. The summed E-state index contributed by atoms with van der Waals surface area (Å²) in [5.74, 6) is 0.710. The van der Waals surface area contributed by atoms with Gasteiger partial charge < -0.3 is 0 Å². The molecule has 0 spiro atoms. The summed E-state index contributed by atoms with van der Waals surface area (Å²) in [6, 6.07) is 4.99. The van der Waals surface area contributed by atoms with E-state index in [-0.39, 0.29) is 0 Å². The van der Waals surface area contributed by atoms with Crippen molar-refractivity contribution >= 4 is 6.08 Å². The van der Waals surface area contributed by atoms with Crippen LogP contribution < -0.4 is 0 Å². The zero-order chi connectivity index (χ0) is 13.8. The SMILES string of the molecule is CCCCCCCCC1C=Cc2cc3c(cc21)CCC3. The van der Waals surface area contributed by atoms with E-state index in [1.54, 1.807) is 16.7 Å². The average Bonchev–Trinajstić information content (AvgIpc) is 3.06. The van der Waals surface area contributed by atoms with Gasteiger partial charge in [-0.25, -0.2) is 0 Å². The number of hydrogen-bond donors (Lipinski definition) is 0. The maximum atomic E-state index is 2.53. The highest BCUT2D eigenvalue weighted by atomic mass is 14.3. The molecule has 0 aliphatic heterocycles. The summed E-state index contributed by atoms with van der Waals surface area (Å²) in [4.78, 5) is 0. The van der Waals surface area contributed by atoms with Gasteiger partial charge in [-0.05, 0) is 47.9 Å². The molecule has 20 heavy (non-hydrogen) atoms. The van der Waals surface area contributed by atoms with Gasteiger partial charge in [0.1, 0.15) is 0 Å². The maximum absolute atomic E-state index is 2.53. The molecule has 0 fully saturated rings. The number of fused-ring (bicyclic) bond motifs is 2. The Labute approximate surface area is 124 Å². The third-order valence-electron chi connectivity index (χ3n) is 5.07. The lowest BCUT2D eigenvalue weighted by Gasteiger charge is -2.13. The van der Waals surface area contributed by atoms with Crippen LogP contribution in [0.15, 0.2) is 18.2 Å². The van der Waals surface area contributed by atoms with Crippen molar-refractivity contribution in [3.63, 3.8) is 0 Å². The molecule has 1 unspecified atom stereocenters. The smallest absolute Gasteiger partial charge is 0.00273 e. The van der Waals surface area contributed by atoms with Crippen LogP contribution in [0, 0.1) is 0 Å². The molecule has 1 aromatic rings. The molecule has 0 saturated carbocycles. The number of benzene rings is 1. The molecule has 0 radical (unpaired) electrons. The van der Waals surface area contributed by atoms with Crippen LogP contribution in [0.25, 0.3) is 6.08 Å². The minimum Gasteiger partial charge on any atom is -0.0764 e. The fraction of sp³-hybridized carbons (Fsp3) is 0.600. The van der Waals surface area contributed by atoms with Gasteiger partial charge >= 0.3 is 0 Å². The van der Waals surface area contributed by atoms with Crippen molar-refractivity contribution < 1.29 is 0 Å². The second kappa shape index (κ2) is 6.61. The van der Waals surface area contributed by atoms with Crippen LogP contribution >= 0.6 is 0 Å². The summed E-state index contributed by atoms with van der Waals surface area (Å²) in [6.45, 7) is 2.29. The van der Waals surface area contributed by atoms with Gasteiger partial charge in [-0.3, -0.25) is 0 Å². The summed E-state index contributed by atoms with van der Waals surface area (Å²) in [7, 11) is 0. The normalized spacial score (nSPS) is 19.4. The molecule has 2 aliphatic rings. The average molecular weight is 268 g/mol. The van der Waals surface area contributed by atoms with E-state index in [2.05, 4.69) is 31.2 Å². The first-order valence-electron chi connectivity index (χ1n) is 8.72. The van der Waals surface area contributed by atoms with E-state index in [1.807, 2.05) is 0 Å². The number of allylic oxidation sites excluding steroid dienone is 1. The van der Waals surface area contributed by atoms with E-state index in [0.717, 1.165) is 0 Å². The first kappa shape index (κ1) is 13.9. The second-order valence-electron chi connectivity index (χ2n) is 6.63. The lowest BCUT2D eigenvalue weighted by molar-refractivity contribution is 0.574. The molecule has 0 heterocycles. The summed E-state index contributed by atoms with van der Waals surface area (Å²) >= 11 is 0. The van der Waals surface area contributed by atoms with Gasteiger partial charge in [0.15, 0.2) is 0 Å². The van der Waals surface area contributed by atoms with Crippen molar-refractivity contribution in [3.05, 3.63) is 40.5 Å². The third kappa shape index (κ3) is 3.00. The zero-order valence-corrected chi connectivity index (χ0v) is 13.0. The standard InChI is InChI=1S/C20H28/c1-2-3-4-5-6-7-9-16-12-13-19-14-17-10-8-11-18(17)15-20(16)19/h12-16H,2-11H2,1H3. The quantitative estimate of drug-likeness (QED) is 0.529. The van der Waals surface area contributed by atoms with E-state index in [9.17, 15) is 0 Å². The Kier molecular flexibility index (Phi) is 4.60. The molecule has 1 atom stereocenters. The molecule has 0 N–H and O–H groups in total. The van der Waals surface area contributed by atoms with Gasteiger partial charge in [-0.2, -0.15) is 0 Å². The van der Waals surface area contributed by atoms with Crippen molar-refractivity contribution in [1.82, 2.24) is 0 Å². The van der Waals surface area contributed by atoms with E-state index in [4.69, 9.17) is 0 Å². The molecule has 1 aromatic carbocycles. The van der Waals surface area contributed by atoms with Crippen LogP contribution in [0.3, 0.4) is 0 Å². The minimum absolute atomic E-state index is 0.710. The monoisotopic (exact) mass is 268 g/mol. The van der Waals surface area contributed by atoms with E-state index in [0.29, 0.717) is 5.92 Å². The van der Waals surface area contributed by atoms with Crippen LogP contribution in [0.4, 0.5) is 0 Å². The summed E-state index contributed by atoms with van der Waals surface area (Å²) in [5, 5.41) is 0. The zero-order valence-electron chi connectivity index (χ0n) is 13.0. The lowest BCUT2D eigenvalue weighted by Crippen LogP contribution is -1.96. The van der Waals surface area contributed by atoms with E-state index < -0.39 is 0 Å². The molecule has 0 bridgehead atoms. The van der Waals surface area contributed by atoms with Gasteiger partial charge in [0.25, 0.3) is 0 Å². The van der Waals surface area contributed by atoms with Crippen molar-refractivity contribution in [2.45, 2.75) is 77.0 Å². The number of rotatable bonds is 7. The Morgan fingerprint density at radius 3 is 2.55 bits per heavy atom. The molecular formula is C20H28. The van der Waals surface area contributed by atoms with Gasteiger partial charge in [0, 0.05) is 5.92 Å². The Balaban J connectivity index is 1.53. The van der Waals surface area contributed by atoms with Crippen LogP contribution in [0.2, 0.25) is 0 Å². The predicted molar refractivity (Wildman–Crippen MR) is 88.2 cm³/mol. The fourth-order valence-electron chi connectivity index (χ4n) is 3.85. The second-order valence-corrected chi connectivity index (χ2v) is 6.63. The Bertz CT molecular complexity index is 481. The number of unbranched alkanes of at least 4 members (excludes halogenated alkanes) is 5. The Morgan fingerprint density at radius 2 is 1.70 bits per heavy atom. The topological polar surface area (TPSA) is 0 Å². The maximum Gasteiger partial charge on any atom is 0.00273 e. The molecule has 0 aromatic heterocycles. The van der Waals surface area contributed by atoms with Crippen LogP contribution in [0.5, 0.6) is 0 Å². The van der Waals surface area contributed by atoms with Crippen molar-refractivity contribution in [1.29, 1.82) is 0 Å². The molecule has 0 heteroatoms. The lowest BCUT2D eigenvalue weighted by atomic mass is 9.92. The molecule has 0 amide bonds. The number of aryl methyl sites for hydroxylation is 2. The van der Waals surface area contributed by atoms with Crippen LogP contribution in [0.1, 0.15) is 86.5 Å². The van der Waals surface area contributed by atoms with Crippen molar-refractivity contribution in [3.8, 4) is 0 Å². The molecule has 108 valence electrons. The number of hydrogen-bond acceptors (Lipinski definition) is 0. The first-order valence-corrected chi connectivity index (χ1v) is 8.72. The van der Waals surface area contributed by atoms with E-state index in [1.165, 1.54) is 69.8 Å². The Hall–Kier alpha value is -1.04. The summed E-state index contributed by atoms with van der Waals surface area (Å²) in [6.07, 6.45) is 18.6. The molecule has 0 nitrogen and oxygen atoms in total. The highest BCUT2D eigenvalue weighted by Crippen LogP contribution is 2.37. The predicted octanol–water partition coefficient (Wildman–Crippen LogP) is 6.04. The van der Waals surface area contributed by atoms with Gasteiger partial charge in [0.2, 0.25) is 0 Å². The fourth-order valence-corrected chi connectivity index (χ4v) is 3.85. The Morgan fingerprint density at radius 1 is 0.950 bits per heavy atom. The van der Waals surface area contributed by atoms with Crippen molar-refractivity contribution in [2.75, 3.05) is 0 Å². The van der Waals surface area contributed by atoms with Gasteiger partial charge in [-0.1, -0.05) is 69.7 Å². The van der Waals surface area contributed by atoms with Crippen molar-refractivity contribution in [2.24, 2.45) is 0 Å². The van der Waals surface area contributed by atoms with Gasteiger partial charge in [0.05, 0.1) is 0 Å². The molecule has 2 aliphatic carbocycles. The minimum atomic E-state index is 0.710.